The molecule has 1 saturated carbocycles. The topological polar surface area (TPSA) is 15.3 Å². The van der Waals surface area contributed by atoms with Crippen LogP contribution in [0.3, 0.4) is 0 Å². The smallest absolute Gasteiger partial charge is 0.0104 e. The van der Waals surface area contributed by atoms with Crippen molar-refractivity contribution in [1.82, 2.24) is 10.2 Å². The van der Waals surface area contributed by atoms with Crippen molar-refractivity contribution in [3.8, 4) is 0 Å². The number of hydrogen-bond acceptors (Lipinski definition) is 2. The van der Waals surface area contributed by atoms with Crippen molar-refractivity contribution >= 4 is 0 Å². The summed E-state index contributed by atoms with van der Waals surface area (Å²) in [6.45, 7) is 6.12. The largest absolute Gasteiger partial charge is 0.317 e. The fourth-order valence-electron chi connectivity index (χ4n) is 3.97. The predicted molar refractivity (Wildman–Crippen MR) is 74.3 cm³/mol. The van der Waals surface area contributed by atoms with Gasteiger partial charge < -0.3 is 5.32 Å². The molecule has 1 heterocycles. The number of nitrogens with one attached hydrogen (secondary N) is 1. The molecule has 4 atom stereocenters. The lowest BCUT2D eigenvalue weighted by atomic mass is 9.84. The summed E-state index contributed by atoms with van der Waals surface area (Å²) in [7, 11) is 2.15. The maximum Gasteiger partial charge on any atom is 0.0104 e. The van der Waals surface area contributed by atoms with E-state index in [9.17, 15) is 0 Å². The lowest BCUT2D eigenvalue weighted by Crippen LogP contribution is -2.46. The SMILES string of the molecule is CCC1CCC(C)N1CC1CCCCC1NC. The molecule has 1 aliphatic heterocycles. The Bertz CT molecular complexity index is 229. The molecule has 0 aromatic carbocycles. The van der Waals surface area contributed by atoms with Gasteiger partial charge in [-0.05, 0) is 52.0 Å². The fourth-order valence-corrected chi connectivity index (χ4v) is 3.97. The molecule has 4 unspecified atom stereocenters. The summed E-state index contributed by atoms with van der Waals surface area (Å²) >= 11 is 0. The zero-order chi connectivity index (χ0) is 12.3. The summed E-state index contributed by atoms with van der Waals surface area (Å²) in [5, 5.41) is 3.55. The average molecular weight is 238 g/mol. The molecule has 2 aliphatic rings. The molecule has 2 heteroatoms. The Morgan fingerprint density at radius 3 is 2.59 bits per heavy atom. The van der Waals surface area contributed by atoms with Crippen LogP contribution in [0.2, 0.25) is 0 Å². The van der Waals surface area contributed by atoms with Crippen LogP contribution in [0.1, 0.15) is 58.8 Å². The van der Waals surface area contributed by atoms with Crippen LogP contribution in [0.5, 0.6) is 0 Å². The van der Waals surface area contributed by atoms with Crippen molar-refractivity contribution in [3.05, 3.63) is 0 Å². The lowest BCUT2D eigenvalue weighted by molar-refractivity contribution is 0.130. The van der Waals surface area contributed by atoms with Gasteiger partial charge in [-0.25, -0.2) is 0 Å². The zero-order valence-corrected chi connectivity index (χ0v) is 11.9. The van der Waals surface area contributed by atoms with Crippen LogP contribution in [0.25, 0.3) is 0 Å². The van der Waals surface area contributed by atoms with Gasteiger partial charge in [0, 0.05) is 24.7 Å². The van der Waals surface area contributed by atoms with Crippen LogP contribution in [0, 0.1) is 5.92 Å². The van der Waals surface area contributed by atoms with Crippen molar-refractivity contribution < 1.29 is 0 Å². The van der Waals surface area contributed by atoms with E-state index in [0.717, 1.165) is 24.0 Å². The van der Waals surface area contributed by atoms with Gasteiger partial charge in [-0.2, -0.15) is 0 Å². The number of nitrogens with zero attached hydrogens (tertiary/aromatic N) is 1. The van der Waals surface area contributed by atoms with Gasteiger partial charge in [-0.1, -0.05) is 19.8 Å². The van der Waals surface area contributed by atoms with Crippen molar-refractivity contribution in [1.29, 1.82) is 0 Å². The van der Waals surface area contributed by atoms with Gasteiger partial charge in [0.25, 0.3) is 0 Å². The standard InChI is InChI=1S/C15H30N2/c1-4-14-10-9-12(2)17(14)11-13-7-5-6-8-15(13)16-3/h12-16H,4-11H2,1-3H3. The maximum absolute atomic E-state index is 3.55. The van der Waals surface area contributed by atoms with Crippen LogP contribution in [0.4, 0.5) is 0 Å². The van der Waals surface area contributed by atoms with Crippen LogP contribution in [-0.2, 0) is 0 Å². The molecule has 2 rings (SSSR count). The van der Waals surface area contributed by atoms with Crippen LogP contribution >= 0.6 is 0 Å². The Morgan fingerprint density at radius 1 is 1.12 bits per heavy atom. The third-order valence-electron chi connectivity index (χ3n) is 5.15. The van der Waals surface area contributed by atoms with E-state index in [2.05, 4.69) is 31.1 Å². The molecule has 1 N–H and O–H groups in total. The van der Waals surface area contributed by atoms with Gasteiger partial charge in [0.15, 0.2) is 0 Å². The molecule has 0 aromatic rings. The summed E-state index contributed by atoms with van der Waals surface area (Å²) in [5.41, 5.74) is 0. The molecule has 0 amide bonds. The van der Waals surface area contributed by atoms with E-state index in [-0.39, 0.29) is 0 Å². The lowest BCUT2D eigenvalue weighted by Gasteiger charge is -2.37. The van der Waals surface area contributed by atoms with Gasteiger partial charge in [0.05, 0.1) is 0 Å². The van der Waals surface area contributed by atoms with Crippen molar-refractivity contribution in [2.75, 3.05) is 13.6 Å². The highest BCUT2D eigenvalue weighted by molar-refractivity contribution is 4.89. The Labute approximate surface area is 107 Å². The Balaban J connectivity index is 1.93. The Morgan fingerprint density at radius 2 is 1.88 bits per heavy atom. The molecule has 2 nitrogen and oxygen atoms in total. The minimum absolute atomic E-state index is 0.772. The quantitative estimate of drug-likeness (QED) is 0.810. The third kappa shape index (κ3) is 3.03. The normalized spacial score (nSPS) is 39.7. The van der Waals surface area contributed by atoms with Gasteiger partial charge in [-0.15, -0.1) is 0 Å². The molecule has 17 heavy (non-hydrogen) atoms. The minimum atomic E-state index is 0.772. The Hall–Kier alpha value is -0.0800. The monoisotopic (exact) mass is 238 g/mol. The second-order valence-electron chi connectivity index (χ2n) is 6.12. The number of rotatable bonds is 4. The highest BCUT2D eigenvalue weighted by atomic mass is 15.2. The average Bonchev–Trinajstić information content (AvgIpc) is 2.71. The molecule has 2 fully saturated rings. The minimum Gasteiger partial charge on any atom is -0.317 e. The molecule has 0 bridgehead atoms. The van der Waals surface area contributed by atoms with E-state index < -0.39 is 0 Å². The maximum atomic E-state index is 3.55. The molecule has 1 saturated heterocycles. The van der Waals surface area contributed by atoms with Crippen LogP contribution < -0.4 is 5.32 Å². The van der Waals surface area contributed by atoms with Crippen LogP contribution in [-0.4, -0.2) is 36.6 Å². The van der Waals surface area contributed by atoms with Gasteiger partial charge >= 0.3 is 0 Å². The van der Waals surface area contributed by atoms with Crippen molar-refractivity contribution in [3.63, 3.8) is 0 Å². The number of hydrogen-bond donors (Lipinski definition) is 1. The first kappa shape index (κ1) is 13.4. The molecular formula is C15H30N2. The highest BCUT2D eigenvalue weighted by Crippen LogP contribution is 2.31. The van der Waals surface area contributed by atoms with E-state index in [1.54, 1.807) is 0 Å². The highest BCUT2D eigenvalue weighted by Gasteiger charge is 2.33. The second-order valence-corrected chi connectivity index (χ2v) is 6.12. The molecule has 100 valence electrons. The van der Waals surface area contributed by atoms with E-state index in [4.69, 9.17) is 0 Å². The summed E-state index contributed by atoms with van der Waals surface area (Å²) < 4.78 is 0. The van der Waals surface area contributed by atoms with Crippen LogP contribution in [0.15, 0.2) is 0 Å². The second kappa shape index (κ2) is 6.19. The third-order valence-corrected chi connectivity index (χ3v) is 5.15. The first-order valence-electron chi connectivity index (χ1n) is 7.69. The van der Waals surface area contributed by atoms with E-state index in [0.29, 0.717) is 0 Å². The summed E-state index contributed by atoms with van der Waals surface area (Å²) in [5.74, 6) is 0.892. The zero-order valence-electron chi connectivity index (χ0n) is 11.9. The number of likely N-dealkylation sites (tertiary alicyclic amines) is 1. The first-order valence-corrected chi connectivity index (χ1v) is 7.69. The van der Waals surface area contributed by atoms with E-state index >= 15 is 0 Å². The summed E-state index contributed by atoms with van der Waals surface area (Å²) in [6, 6.07) is 2.46. The van der Waals surface area contributed by atoms with Gasteiger partial charge in [0.2, 0.25) is 0 Å². The molecule has 0 spiro atoms. The van der Waals surface area contributed by atoms with E-state index in [1.165, 1.54) is 51.5 Å². The predicted octanol–water partition coefficient (Wildman–Crippen LogP) is 3.03. The fraction of sp³-hybridized carbons (Fsp3) is 1.00. The van der Waals surface area contributed by atoms with Gasteiger partial charge in [0.1, 0.15) is 0 Å². The first-order chi connectivity index (χ1) is 8.26. The molecule has 0 aromatic heterocycles. The molecular weight excluding hydrogens is 208 g/mol. The molecule has 0 radical (unpaired) electrons. The Kier molecular flexibility index (Phi) is 4.87. The van der Waals surface area contributed by atoms with E-state index in [1.807, 2.05) is 0 Å². The summed E-state index contributed by atoms with van der Waals surface area (Å²) in [6.07, 6.45) is 9.87. The van der Waals surface area contributed by atoms with Gasteiger partial charge in [-0.3, -0.25) is 4.90 Å². The molecule has 1 aliphatic carbocycles. The van der Waals surface area contributed by atoms with Crippen molar-refractivity contribution in [2.45, 2.75) is 76.9 Å². The summed E-state index contributed by atoms with van der Waals surface area (Å²) in [4.78, 5) is 2.81. The van der Waals surface area contributed by atoms with Crippen molar-refractivity contribution in [2.24, 2.45) is 5.92 Å².